The van der Waals surface area contributed by atoms with E-state index >= 15 is 0 Å². The molecule has 0 saturated carbocycles. The van der Waals surface area contributed by atoms with Crippen LogP contribution in [-0.4, -0.2) is 35.6 Å². The molecule has 0 aliphatic rings. The SMILES string of the molecule is CCCC(C)N(C)CCC(C)(C)C(N)=NO. The highest BCUT2D eigenvalue weighted by Crippen LogP contribution is 2.21. The first-order valence-corrected chi connectivity index (χ1v) is 6.03. The molecule has 4 nitrogen and oxygen atoms in total. The van der Waals surface area contributed by atoms with E-state index in [0.29, 0.717) is 11.9 Å². The van der Waals surface area contributed by atoms with Crippen molar-refractivity contribution in [2.45, 2.75) is 53.0 Å². The van der Waals surface area contributed by atoms with E-state index < -0.39 is 0 Å². The van der Waals surface area contributed by atoms with Gasteiger partial charge in [-0.05, 0) is 33.4 Å². The molecule has 16 heavy (non-hydrogen) atoms. The molecule has 0 aliphatic carbocycles. The molecule has 0 aromatic heterocycles. The minimum atomic E-state index is -0.241. The van der Waals surface area contributed by atoms with Gasteiger partial charge >= 0.3 is 0 Å². The lowest BCUT2D eigenvalue weighted by atomic mass is 9.87. The first-order valence-electron chi connectivity index (χ1n) is 6.03. The fourth-order valence-electron chi connectivity index (χ4n) is 1.58. The average molecular weight is 229 g/mol. The van der Waals surface area contributed by atoms with Gasteiger partial charge in [0.25, 0.3) is 0 Å². The Balaban J connectivity index is 4.14. The highest BCUT2D eigenvalue weighted by atomic mass is 16.4. The van der Waals surface area contributed by atoms with Crippen molar-refractivity contribution in [3.05, 3.63) is 0 Å². The molecule has 0 rings (SSSR count). The maximum absolute atomic E-state index is 8.68. The van der Waals surface area contributed by atoms with E-state index in [-0.39, 0.29) is 5.41 Å². The lowest BCUT2D eigenvalue weighted by molar-refractivity contribution is 0.219. The van der Waals surface area contributed by atoms with Crippen molar-refractivity contribution in [2.75, 3.05) is 13.6 Å². The van der Waals surface area contributed by atoms with E-state index in [4.69, 9.17) is 10.9 Å². The van der Waals surface area contributed by atoms with Crippen LogP contribution in [0.25, 0.3) is 0 Å². The van der Waals surface area contributed by atoms with Crippen LogP contribution in [0.3, 0.4) is 0 Å². The van der Waals surface area contributed by atoms with Crippen LogP contribution >= 0.6 is 0 Å². The lowest BCUT2D eigenvalue weighted by Crippen LogP contribution is -2.37. The Labute approximate surface area is 99.5 Å². The number of hydrogen-bond acceptors (Lipinski definition) is 3. The predicted octanol–water partition coefficient (Wildman–Crippen LogP) is 2.27. The molecule has 0 aromatic rings. The zero-order chi connectivity index (χ0) is 12.8. The van der Waals surface area contributed by atoms with Gasteiger partial charge in [0.1, 0.15) is 5.84 Å². The molecule has 0 amide bonds. The highest BCUT2D eigenvalue weighted by molar-refractivity contribution is 5.85. The molecule has 0 aromatic carbocycles. The molecule has 0 fully saturated rings. The van der Waals surface area contributed by atoms with Crippen LogP contribution in [0, 0.1) is 5.41 Å². The van der Waals surface area contributed by atoms with E-state index in [2.05, 4.69) is 31.0 Å². The predicted molar refractivity (Wildman–Crippen MR) is 68.8 cm³/mol. The largest absolute Gasteiger partial charge is 0.409 e. The minimum Gasteiger partial charge on any atom is -0.409 e. The quantitative estimate of drug-likeness (QED) is 0.305. The number of amidine groups is 1. The van der Waals surface area contributed by atoms with E-state index in [9.17, 15) is 0 Å². The fourth-order valence-corrected chi connectivity index (χ4v) is 1.58. The molecular formula is C12H27N3O. The molecule has 3 N–H and O–H groups in total. The van der Waals surface area contributed by atoms with Crippen molar-refractivity contribution in [2.24, 2.45) is 16.3 Å². The second-order valence-electron chi connectivity index (χ2n) is 5.24. The van der Waals surface area contributed by atoms with E-state index in [1.54, 1.807) is 0 Å². The molecule has 0 spiro atoms. The van der Waals surface area contributed by atoms with E-state index in [1.807, 2.05) is 13.8 Å². The van der Waals surface area contributed by atoms with Crippen LogP contribution in [-0.2, 0) is 0 Å². The monoisotopic (exact) mass is 229 g/mol. The third-order valence-corrected chi connectivity index (χ3v) is 3.35. The van der Waals surface area contributed by atoms with E-state index in [1.165, 1.54) is 12.8 Å². The van der Waals surface area contributed by atoms with Crippen molar-refractivity contribution in [1.29, 1.82) is 0 Å². The Hall–Kier alpha value is -0.770. The minimum absolute atomic E-state index is 0.241. The molecule has 0 radical (unpaired) electrons. The smallest absolute Gasteiger partial charge is 0.144 e. The Morgan fingerprint density at radius 1 is 1.50 bits per heavy atom. The molecule has 0 saturated heterocycles. The maximum atomic E-state index is 8.68. The van der Waals surface area contributed by atoms with Crippen LogP contribution in [0.1, 0.15) is 47.0 Å². The third-order valence-electron chi connectivity index (χ3n) is 3.35. The van der Waals surface area contributed by atoms with Crippen molar-refractivity contribution in [3.8, 4) is 0 Å². The van der Waals surface area contributed by atoms with Gasteiger partial charge in [-0.15, -0.1) is 0 Å². The van der Waals surface area contributed by atoms with E-state index in [0.717, 1.165) is 13.0 Å². The molecule has 0 bridgehead atoms. The van der Waals surface area contributed by atoms with Crippen LogP contribution in [0.15, 0.2) is 5.16 Å². The summed E-state index contributed by atoms with van der Waals surface area (Å²) in [5.41, 5.74) is 5.41. The maximum Gasteiger partial charge on any atom is 0.144 e. The Morgan fingerprint density at radius 2 is 2.06 bits per heavy atom. The summed E-state index contributed by atoms with van der Waals surface area (Å²) >= 11 is 0. The summed E-state index contributed by atoms with van der Waals surface area (Å²) in [6.07, 6.45) is 3.31. The summed E-state index contributed by atoms with van der Waals surface area (Å²) in [6, 6.07) is 0.591. The van der Waals surface area contributed by atoms with Crippen LogP contribution in [0.4, 0.5) is 0 Å². The number of rotatable bonds is 7. The standard InChI is InChI=1S/C12H27N3O/c1-6-7-10(2)15(5)9-8-12(3,4)11(13)14-16/h10,16H,6-9H2,1-5H3,(H2,13,14). The molecule has 96 valence electrons. The second kappa shape index (κ2) is 6.74. The topological polar surface area (TPSA) is 61.8 Å². The van der Waals surface area contributed by atoms with Gasteiger partial charge < -0.3 is 15.8 Å². The number of nitrogens with zero attached hydrogens (tertiary/aromatic N) is 2. The van der Waals surface area contributed by atoms with Crippen molar-refractivity contribution in [3.63, 3.8) is 0 Å². The Kier molecular flexibility index (Phi) is 6.41. The van der Waals surface area contributed by atoms with Gasteiger partial charge in [0, 0.05) is 11.5 Å². The average Bonchev–Trinajstić information content (AvgIpc) is 2.25. The van der Waals surface area contributed by atoms with Gasteiger partial charge in [-0.3, -0.25) is 0 Å². The van der Waals surface area contributed by atoms with Gasteiger partial charge in [0.15, 0.2) is 0 Å². The number of oxime groups is 1. The van der Waals surface area contributed by atoms with Gasteiger partial charge in [-0.2, -0.15) is 0 Å². The fraction of sp³-hybridized carbons (Fsp3) is 0.917. The Bertz CT molecular complexity index is 226. The Morgan fingerprint density at radius 3 is 2.50 bits per heavy atom. The highest BCUT2D eigenvalue weighted by Gasteiger charge is 2.24. The zero-order valence-electron chi connectivity index (χ0n) is 11.3. The number of hydrogen-bond donors (Lipinski definition) is 2. The van der Waals surface area contributed by atoms with Crippen molar-refractivity contribution < 1.29 is 5.21 Å². The van der Waals surface area contributed by atoms with Gasteiger partial charge in [-0.25, -0.2) is 0 Å². The zero-order valence-corrected chi connectivity index (χ0v) is 11.3. The first kappa shape index (κ1) is 15.2. The van der Waals surface area contributed by atoms with Gasteiger partial charge in [0.05, 0.1) is 0 Å². The van der Waals surface area contributed by atoms with Crippen LogP contribution in [0.2, 0.25) is 0 Å². The van der Waals surface area contributed by atoms with Gasteiger partial charge in [-0.1, -0.05) is 32.3 Å². The van der Waals surface area contributed by atoms with Crippen LogP contribution in [0.5, 0.6) is 0 Å². The summed E-state index contributed by atoms with van der Waals surface area (Å²) in [6.45, 7) is 9.40. The third kappa shape index (κ3) is 4.84. The molecule has 1 unspecified atom stereocenters. The normalized spacial score (nSPS) is 15.5. The molecule has 0 heterocycles. The number of nitrogens with two attached hydrogens (primary N) is 1. The second-order valence-corrected chi connectivity index (χ2v) is 5.24. The molecular weight excluding hydrogens is 202 g/mol. The summed E-state index contributed by atoms with van der Waals surface area (Å²) in [4.78, 5) is 2.33. The summed E-state index contributed by atoms with van der Waals surface area (Å²) in [5, 5.41) is 11.8. The summed E-state index contributed by atoms with van der Waals surface area (Å²) in [5.74, 6) is 0.309. The molecule has 1 atom stereocenters. The summed E-state index contributed by atoms with van der Waals surface area (Å²) < 4.78 is 0. The first-order chi connectivity index (χ1) is 7.35. The van der Waals surface area contributed by atoms with Crippen molar-refractivity contribution >= 4 is 5.84 Å². The van der Waals surface area contributed by atoms with Crippen LogP contribution < -0.4 is 5.73 Å². The molecule has 4 heteroatoms. The van der Waals surface area contributed by atoms with Crippen molar-refractivity contribution in [1.82, 2.24) is 4.90 Å². The molecule has 0 aliphatic heterocycles. The van der Waals surface area contributed by atoms with Gasteiger partial charge in [0.2, 0.25) is 0 Å². The summed E-state index contributed by atoms with van der Waals surface area (Å²) in [7, 11) is 2.13. The lowest BCUT2D eigenvalue weighted by Gasteiger charge is -2.29.